The Bertz CT molecular complexity index is 1340. The third-order valence-corrected chi connectivity index (χ3v) is 5.63. The highest BCUT2D eigenvalue weighted by atomic mass is 19.1. The number of rotatable bonds is 3. The third-order valence-electron chi connectivity index (χ3n) is 5.63. The molecule has 1 aliphatic rings. The summed E-state index contributed by atoms with van der Waals surface area (Å²) in [5, 5.41) is 8.91. The molecule has 1 unspecified atom stereocenters. The molecule has 4 aromatic rings. The van der Waals surface area contributed by atoms with Gasteiger partial charge in [0.05, 0.1) is 29.2 Å². The monoisotopic (exact) mass is 419 g/mol. The van der Waals surface area contributed by atoms with Crippen LogP contribution in [0.5, 0.6) is 0 Å². The van der Waals surface area contributed by atoms with Gasteiger partial charge in [0.25, 0.3) is 0 Å². The summed E-state index contributed by atoms with van der Waals surface area (Å²) >= 11 is 0. The fourth-order valence-corrected chi connectivity index (χ4v) is 4.15. The van der Waals surface area contributed by atoms with Crippen molar-refractivity contribution in [1.29, 1.82) is 5.26 Å². The molecule has 2 aromatic carbocycles. The summed E-state index contributed by atoms with van der Waals surface area (Å²) in [4.78, 5) is 10.9. The average Bonchev–Trinajstić information content (AvgIpc) is 3.42. The van der Waals surface area contributed by atoms with Gasteiger partial charge in [0.15, 0.2) is 5.65 Å². The molecule has 8 heteroatoms. The van der Waals surface area contributed by atoms with Gasteiger partial charge in [-0.05, 0) is 55.3 Å². The van der Waals surface area contributed by atoms with Gasteiger partial charge in [-0.3, -0.25) is 4.57 Å². The highest BCUT2D eigenvalue weighted by Crippen LogP contribution is 2.38. The van der Waals surface area contributed by atoms with Gasteiger partial charge in [-0.1, -0.05) is 0 Å². The number of hydrogen-bond donors (Lipinski definition) is 0. The number of nitrogens with zero attached hydrogens (tertiary/aromatic N) is 5. The van der Waals surface area contributed by atoms with Gasteiger partial charge in [-0.2, -0.15) is 5.26 Å². The van der Waals surface area contributed by atoms with E-state index in [1.165, 1.54) is 24.5 Å². The van der Waals surface area contributed by atoms with Gasteiger partial charge in [0, 0.05) is 12.1 Å². The second kappa shape index (κ2) is 7.43. The summed E-state index contributed by atoms with van der Waals surface area (Å²) < 4.78 is 43.8. The Hall–Kier alpha value is -3.86. The molecule has 0 N–H and O–H groups in total. The maximum Gasteiger partial charge on any atom is 0.164 e. The van der Waals surface area contributed by atoms with Gasteiger partial charge in [-0.15, -0.1) is 0 Å². The minimum Gasteiger partial charge on any atom is -0.363 e. The maximum atomic E-state index is 14.4. The van der Waals surface area contributed by atoms with Crippen molar-refractivity contribution in [3.63, 3.8) is 0 Å². The van der Waals surface area contributed by atoms with Crippen molar-refractivity contribution in [3.8, 4) is 11.8 Å². The highest BCUT2D eigenvalue weighted by molar-refractivity contribution is 5.77. The Morgan fingerprint density at radius 3 is 2.65 bits per heavy atom. The lowest BCUT2D eigenvalue weighted by Gasteiger charge is -2.27. The smallest absolute Gasteiger partial charge is 0.164 e. The van der Waals surface area contributed by atoms with E-state index in [1.54, 1.807) is 22.9 Å². The standard InChI is InChI=1S/C23H16F3N5/c24-15-4-6-19(25)18(8-15)22-2-1-7-30(22)17-10-21-23(28-12-17)31(13-29-21)16-5-3-14(11-27)20(26)9-16/h3-6,8-10,12-13,22H,1-2,7H2. The topological polar surface area (TPSA) is 57.7 Å². The second-order valence-electron chi connectivity index (χ2n) is 7.44. The Balaban J connectivity index is 1.52. The number of nitriles is 1. The lowest BCUT2D eigenvalue weighted by molar-refractivity contribution is 0.561. The van der Waals surface area contributed by atoms with Gasteiger partial charge in [0.2, 0.25) is 0 Å². The molecule has 1 atom stereocenters. The van der Waals surface area contributed by atoms with Gasteiger partial charge in [-0.25, -0.2) is 23.1 Å². The maximum absolute atomic E-state index is 14.4. The van der Waals surface area contributed by atoms with E-state index in [0.29, 0.717) is 35.4 Å². The summed E-state index contributed by atoms with van der Waals surface area (Å²) in [5.74, 6) is -1.51. The van der Waals surface area contributed by atoms with Crippen LogP contribution < -0.4 is 4.90 Å². The van der Waals surface area contributed by atoms with Gasteiger partial charge < -0.3 is 4.90 Å². The highest BCUT2D eigenvalue weighted by Gasteiger charge is 2.29. The Labute approximate surface area is 176 Å². The third kappa shape index (κ3) is 3.28. The largest absolute Gasteiger partial charge is 0.363 e. The van der Waals surface area contributed by atoms with Crippen LogP contribution in [0.2, 0.25) is 0 Å². The minimum atomic E-state index is -0.615. The molecular weight excluding hydrogens is 403 g/mol. The zero-order valence-corrected chi connectivity index (χ0v) is 16.3. The summed E-state index contributed by atoms with van der Waals surface area (Å²) in [5.41, 5.74) is 2.67. The number of pyridine rings is 1. The first-order valence-electron chi connectivity index (χ1n) is 9.80. The molecule has 2 aromatic heterocycles. The molecule has 154 valence electrons. The van der Waals surface area contributed by atoms with E-state index in [1.807, 2.05) is 11.0 Å². The zero-order valence-electron chi connectivity index (χ0n) is 16.3. The number of fused-ring (bicyclic) bond motifs is 1. The normalized spacial score (nSPS) is 16.1. The first kappa shape index (κ1) is 19.1. The molecule has 1 fully saturated rings. The van der Waals surface area contributed by atoms with Crippen LogP contribution in [0.3, 0.4) is 0 Å². The molecule has 3 heterocycles. The van der Waals surface area contributed by atoms with Gasteiger partial charge in [0.1, 0.15) is 35.4 Å². The molecule has 0 radical (unpaired) electrons. The van der Waals surface area contributed by atoms with Crippen LogP contribution in [-0.4, -0.2) is 21.1 Å². The Morgan fingerprint density at radius 1 is 0.968 bits per heavy atom. The molecule has 1 saturated heterocycles. The van der Waals surface area contributed by atoms with Crippen LogP contribution in [0.25, 0.3) is 16.9 Å². The Morgan fingerprint density at radius 2 is 1.84 bits per heavy atom. The molecular formula is C23H16F3N5. The number of benzene rings is 2. The van der Waals surface area contributed by atoms with Crippen LogP contribution in [-0.2, 0) is 0 Å². The average molecular weight is 419 g/mol. The van der Waals surface area contributed by atoms with E-state index >= 15 is 0 Å². The summed E-state index contributed by atoms with van der Waals surface area (Å²) in [7, 11) is 0. The second-order valence-corrected chi connectivity index (χ2v) is 7.44. The predicted molar refractivity (Wildman–Crippen MR) is 109 cm³/mol. The SMILES string of the molecule is N#Cc1ccc(-n2cnc3cc(N4CCCC4c4cc(F)ccc4F)cnc32)cc1F. The fraction of sp³-hybridized carbons (Fsp3) is 0.174. The quantitative estimate of drug-likeness (QED) is 0.466. The zero-order chi connectivity index (χ0) is 21.5. The van der Waals surface area contributed by atoms with Crippen LogP contribution in [0, 0.1) is 28.8 Å². The number of aromatic nitrogens is 3. The van der Waals surface area contributed by atoms with Crippen LogP contribution in [0.1, 0.15) is 30.0 Å². The van der Waals surface area contributed by atoms with E-state index in [4.69, 9.17) is 5.26 Å². The molecule has 5 nitrogen and oxygen atoms in total. The van der Waals surface area contributed by atoms with Crippen LogP contribution in [0.4, 0.5) is 18.9 Å². The van der Waals surface area contributed by atoms with Crippen molar-refractivity contribution in [3.05, 3.63) is 83.6 Å². The van der Waals surface area contributed by atoms with Crippen molar-refractivity contribution < 1.29 is 13.2 Å². The number of imidazole rings is 1. The summed E-state index contributed by atoms with van der Waals surface area (Å²) in [6, 6.07) is 11.2. The molecule has 1 aliphatic heterocycles. The lowest BCUT2D eigenvalue weighted by atomic mass is 10.0. The molecule has 0 amide bonds. The van der Waals surface area contributed by atoms with E-state index in [9.17, 15) is 13.2 Å². The molecule has 5 rings (SSSR count). The molecule has 0 saturated carbocycles. The molecule has 0 bridgehead atoms. The van der Waals surface area contributed by atoms with Crippen molar-refractivity contribution in [2.24, 2.45) is 0 Å². The first-order valence-corrected chi connectivity index (χ1v) is 9.80. The van der Waals surface area contributed by atoms with Crippen molar-refractivity contribution in [2.45, 2.75) is 18.9 Å². The van der Waals surface area contributed by atoms with E-state index in [2.05, 4.69) is 9.97 Å². The lowest BCUT2D eigenvalue weighted by Crippen LogP contribution is -2.23. The van der Waals surface area contributed by atoms with Gasteiger partial charge >= 0.3 is 0 Å². The number of anilines is 1. The number of hydrogen-bond acceptors (Lipinski definition) is 4. The van der Waals surface area contributed by atoms with E-state index < -0.39 is 17.5 Å². The Kier molecular flexibility index (Phi) is 4.59. The van der Waals surface area contributed by atoms with E-state index in [0.717, 1.165) is 24.2 Å². The van der Waals surface area contributed by atoms with Crippen molar-refractivity contribution >= 4 is 16.9 Å². The predicted octanol–water partition coefficient (Wildman–Crippen LogP) is 5.05. The minimum absolute atomic E-state index is 0.0342. The molecule has 0 aliphatic carbocycles. The summed E-state index contributed by atoms with van der Waals surface area (Å²) in [6.07, 6.45) is 4.75. The van der Waals surface area contributed by atoms with Crippen LogP contribution in [0.15, 0.2) is 55.0 Å². The fourth-order valence-electron chi connectivity index (χ4n) is 4.15. The summed E-state index contributed by atoms with van der Waals surface area (Å²) in [6.45, 7) is 0.690. The number of halogens is 3. The molecule has 31 heavy (non-hydrogen) atoms. The van der Waals surface area contributed by atoms with E-state index in [-0.39, 0.29) is 11.6 Å². The molecule has 0 spiro atoms. The van der Waals surface area contributed by atoms with Crippen molar-refractivity contribution in [2.75, 3.05) is 11.4 Å². The van der Waals surface area contributed by atoms with Crippen molar-refractivity contribution in [1.82, 2.24) is 14.5 Å². The van der Waals surface area contributed by atoms with Crippen LogP contribution >= 0.6 is 0 Å². The first-order chi connectivity index (χ1) is 15.0.